The first-order valence-corrected chi connectivity index (χ1v) is 5.84. The highest BCUT2D eigenvalue weighted by Crippen LogP contribution is 2.28. The Morgan fingerprint density at radius 1 is 1.44 bits per heavy atom. The van der Waals surface area contributed by atoms with Gasteiger partial charge in [-0.1, -0.05) is 6.07 Å². The second-order valence-corrected chi connectivity index (χ2v) is 4.43. The number of hydrogen-bond donors (Lipinski definition) is 1. The fourth-order valence-corrected chi connectivity index (χ4v) is 2.34. The maximum absolute atomic E-state index is 12.9. The minimum atomic E-state index is -0.234. The molecule has 0 aromatic heterocycles. The van der Waals surface area contributed by atoms with E-state index in [-0.39, 0.29) is 11.9 Å². The molecule has 1 N–H and O–H groups in total. The first-order valence-electron chi connectivity index (χ1n) is 5.84. The summed E-state index contributed by atoms with van der Waals surface area (Å²) in [5.41, 5.74) is 0. The van der Waals surface area contributed by atoms with E-state index in [4.69, 9.17) is 4.74 Å². The summed E-state index contributed by atoms with van der Waals surface area (Å²) in [6, 6.07) is 6.38. The second-order valence-electron chi connectivity index (χ2n) is 4.43. The second kappa shape index (κ2) is 5.30. The largest absolute Gasteiger partial charge is 0.490 e. The molecule has 3 heteroatoms. The smallest absolute Gasteiger partial charge is 0.126 e. The molecule has 2 rings (SSSR count). The molecule has 2 unspecified atom stereocenters. The molecule has 1 aromatic carbocycles. The van der Waals surface area contributed by atoms with E-state index in [1.54, 1.807) is 6.07 Å². The molecule has 2 nitrogen and oxygen atoms in total. The molecule has 1 aromatic rings. The number of benzene rings is 1. The molecule has 1 aliphatic rings. The fourth-order valence-electron chi connectivity index (χ4n) is 2.34. The molecule has 0 heterocycles. The zero-order valence-corrected chi connectivity index (χ0v) is 9.58. The van der Waals surface area contributed by atoms with Crippen molar-refractivity contribution in [2.75, 3.05) is 13.6 Å². The Hall–Kier alpha value is -1.09. The lowest BCUT2D eigenvalue weighted by molar-refractivity contribution is 0.203. The van der Waals surface area contributed by atoms with Gasteiger partial charge in [0.1, 0.15) is 11.6 Å². The number of rotatable bonds is 4. The minimum Gasteiger partial charge on any atom is -0.490 e. The van der Waals surface area contributed by atoms with Gasteiger partial charge in [-0.05, 0) is 50.9 Å². The first kappa shape index (κ1) is 11.4. The Morgan fingerprint density at radius 3 is 3.06 bits per heavy atom. The van der Waals surface area contributed by atoms with Gasteiger partial charge in [-0.2, -0.15) is 0 Å². The summed E-state index contributed by atoms with van der Waals surface area (Å²) in [6.45, 7) is 1.04. The summed E-state index contributed by atoms with van der Waals surface area (Å²) in [5, 5.41) is 3.19. The van der Waals surface area contributed by atoms with Crippen LogP contribution >= 0.6 is 0 Å². The summed E-state index contributed by atoms with van der Waals surface area (Å²) >= 11 is 0. The topological polar surface area (TPSA) is 21.3 Å². The van der Waals surface area contributed by atoms with E-state index in [0.29, 0.717) is 11.7 Å². The zero-order valence-electron chi connectivity index (χ0n) is 9.58. The summed E-state index contributed by atoms with van der Waals surface area (Å²) < 4.78 is 18.7. The van der Waals surface area contributed by atoms with Gasteiger partial charge in [0.25, 0.3) is 0 Å². The SMILES string of the molecule is CNCC1CCC(Oc2cccc(F)c2)C1. The molecule has 0 aliphatic heterocycles. The van der Waals surface area contributed by atoms with Crippen molar-refractivity contribution in [1.82, 2.24) is 5.32 Å². The zero-order chi connectivity index (χ0) is 11.4. The number of ether oxygens (including phenoxy) is 1. The molecule has 88 valence electrons. The van der Waals surface area contributed by atoms with E-state index < -0.39 is 0 Å². The molecule has 1 saturated carbocycles. The van der Waals surface area contributed by atoms with Gasteiger partial charge in [-0.25, -0.2) is 4.39 Å². The lowest BCUT2D eigenvalue weighted by Crippen LogP contribution is -2.18. The predicted octanol–water partition coefficient (Wildman–Crippen LogP) is 2.59. The molecule has 0 amide bonds. The summed E-state index contributed by atoms with van der Waals surface area (Å²) in [6.07, 6.45) is 3.58. The van der Waals surface area contributed by atoms with Crippen LogP contribution in [-0.2, 0) is 0 Å². The third-order valence-electron chi connectivity index (χ3n) is 3.08. The Bertz CT molecular complexity index is 342. The molecule has 0 saturated heterocycles. The van der Waals surface area contributed by atoms with E-state index in [9.17, 15) is 4.39 Å². The van der Waals surface area contributed by atoms with E-state index in [1.165, 1.54) is 18.6 Å². The van der Waals surface area contributed by atoms with Crippen molar-refractivity contribution in [3.63, 3.8) is 0 Å². The van der Waals surface area contributed by atoms with Crippen LogP contribution in [0.4, 0.5) is 4.39 Å². The summed E-state index contributed by atoms with van der Waals surface area (Å²) in [4.78, 5) is 0. The molecular formula is C13H18FNO. The molecule has 0 spiro atoms. The van der Waals surface area contributed by atoms with Crippen molar-refractivity contribution < 1.29 is 9.13 Å². The lowest BCUT2D eigenvalue weighted by atomic mass is 10.1. The van der Waals surface area contributed by atoms with Crippen LogP contribution in [0.1, 0.15) is 19.3 Å². The highest BCUT2D eigenvalue weighted by molar-refractivity contribution is 5.22. The van der Waals surface area contributed by atoms with Crippen LogP contribution < -0.4 is 10.1 Å². The van der Waals surface area contributed by atoms with Crippen LogP contribution in [0.25, 0.3) is 0 Å². The van der Waals surface area contributed by atoms with Crippen LogP contribution in [0.15, 0.2) is 24.3 Å². The lowest BCUT2D eigenvalue weighted by Gasteiger charge is -2.14. The quantitative estimate of drug-likeness (QED) is 0.847. The maximum atomic E-state index is 12.9. The molecule has 2 atom stereocenters. The van der Waals surface area contributed by atoms with E-state index in [2.05, 4.69) is 5.32 Å². The monoisotopic (exact) mass is 223 g/mol. The van der Waals surface area contributed by atoms with Gasteiger partial charge >= 0.3 is 0 Å². The van der Waals surface area contributed by atoms with Crippen LogP contribution in [0.2, 0.25) is 0 Å². The van der Waals surface area contributed by atoms with Crippen molar-refractivity contribution in [1.29, 1.82) is 0 Å². The van der Waals surface area contributed by atoms with Crippen LogP contribution in [0.5, 0.6) is 5.75 Å². The normalized spacial score (nSPS) is 24.6. The minimum absolute atomic E-state index is 0.234. The number of halogens is 1. The van der Waals surface area contributed by atoms with Gasteiger partial charge in [0, 0.05) is 6.07 Å². The highest BCUT2D eigenvalue weighted by Gasteiger charge is 2.25. The third-order valence-corrected chi connectivity index (χ3v) is 3.08. The van der Waals surface area contributed by atoms with Gasteiger partial charge < -0.3 is 10.1 Å². The van der Waals surface area contributed by atoms with Crippen LogP contribution in [-0.4, -0.2) is 19.7 Å². The van der Waals surface area contributed by atoms with Crippen molar-refractivity contribution in [2.45, 2.75) is 25.4 Å². The van der Waals surface area contributed by atoms with E-state index >= 15 is 0 Å². The van der Waals surface area contributed by atoms with Gasteiger partial charge in [0.15, 0.2) is 0 Å². The average molecular weight is 223 g/mol. The van der Waals surface area contributed by atoms with E-state index in [1.807, 2.05) is 13.1 Å². The van der Waals surface area contributed by atoms with Crippen LogP contribution in [0, 0.1) is 11.7 Å². The Morgan fingerprint density at radius 2 is 2.31 bits per heavy atom. The van der Waals surface area contributed by atoms with Gasteiger partial charge in [0.05, 0.1) is 6.10 Å². The summed E-state index contributed by atoms with van der Waals surface area (Å²) in [7, 11) is 1.97. The standard InChI is InChI=1S/C13H18FNO/c1-15-9-10-5-6-13(7-10)16-12-4-2-3-11(14)8-12/h2-4,8,10,13,15H,5-7,9H2,1H3. The Kier molecular flexibility index (Phi) is 3.78. The van der Waals surface area contributed by atoms with Crippen molar-refractivity contribution in [3.05, 3.63) is 30.1 Å². The fraction of sp³-hybridized carbons (Fsp3) is 0.538. The molecular weight excluding hydrogens is 205 g/mol. The van der Waals surface area contributed by atoms with Crippen molar-refractivity contribution in [3.8, 4) is 5.75 Å². The molecule has 0 radical (unpaired) electrons. The van der Waals surface area contributed by atoms with Gasteiger partial charge in [-0.3, -0.25) is 0 Å². The maximum Gasteiger partial charge on any atom is 0.126 e. The van der Waals surface area contributed by atoms with Crippen molar-refractivity contribution in [2.24, 2.45) is 5.92 Å². The van der Waals surface area contributed by atoms with Gasteiger partial charge in [0.2, 0.25) is 0 Å². The number of nitrogens with one attached hydrogen (secondary N) is 1. The third kappa shape index (κ3) is 2.95. The average Bonchev–Trinajstić information content (AvgIpc) is 2.66. The molecule has 0 bridgehead atoms. The Labute approximate surface area is 95.8 Å². The first-order chi connectivity index (χ1) is 7.78. The van der Waals surface area contributed by atoms with E-state index in [0.717, 1.165) is 19.4 Å². The highest BCUT2D eigenvalue weighted by atomic mass is 19.1. The van der Waals surface area contributed by atoms with Crippen LogP contribution in [0.3, 0.4) is 0 Å². The predicted molar refractivity (Wildman–Crippen MR) is 62.1 cm³/mol. The summed E-state index contributed by atoms with van der Waals surface area (Å²) in [5.74, 6) is 1.11. The molecule has 1 aliphatic carbocycles. The van der Waals surface area contributed by atoms with Gasteiger partial charge in [-0.15, -0.1) is 0 Å². The Balaban J connectivity index is 1.87. The van der Waals surface area contributed by atoms with Crippen molar-refractivity contribution >= 4 is 0 Å². The molecule has 16 heavy (non-hydrogen) atoms. The number of hydrogen-bond acceptors (Lipinski definition) is 2. The molecule has 1 fully saturated rings.